The Bertz CT molecular complexity index is 733. The molecule has 24 heavy (non-hydrogen) atoms. The van der Waals surface area contributed by atoms with Crippen LogP contribution in [0.3, 0.4) is 0 Å². The molecule has 0 saturated carbocycles. The smallest absolute Gasteiger partial charge is 0.342 e. The van der Waals surface area contributed by atoms with Gasteiger partial charge < -0.3 is 14.5 Å². The number of para-hydroxylation sites is 1. The molecule has 0 radical (unpaired) electrons. The summed E-state index contributed by atoms with van der Waals surface area (Å²) in [5.74, 6) is 0.527. The zero-order valence-corrected chi connectivity index (χ0v) is 14.5. The molecule has 1 heterocycles. The van der Waals surface area contributed by atoms with Crippen molar-refractivity contribution in [3.8, 4) is 0 Å². The van der Waals surface area contributed by atoms with Gasteiger partial charge in [0, 0.05) is 5.69 Å². The second-order valence-corrected chi connectivity index (χ2v) is 5.85. The Hall–Kier alpha value is -2.56. The van der Waals surface area contributed by atoms with E-state index in [9.17, 15) is 9.59 Å². The van der Waals surface area contributed by atoms with E-state index in [2.05, 4.69) is 19.2 Å². The van der Waals surface area contributed by atoms with Gasteiger partial charge in [-0.3, -0.25) is 4.79 Å². The van der Waals surface area contributed by atoms with Crippen molar-refractivity contribution >= 4 is 17.6 Å². The molecule has 1 N–H and O–H groups in total. The van der Waals surface area contributed by atoms with Crippen LogP contribution in [0.2, 0.25) is 0 Å². The molecule has 5 heteroatoms. The maximum absolute atomic E-state index is 12.1. The Morgan fingerprint density at radius 1 is 1.25 bits per heavy atom. The zero-order valence-electron chi connectivity index (χ0n) is 14.5. The van der Waals surface area contributed by atoms with Crippen LogP contribution in [0.4, 0.5) is 5.69 Å². The van der Waals surface area contributed by atoms with Crippen LogP contribution in [0, 0.1) is 13.8 Å². The van der Waals surface area contributed by atoms with Crippen molar-refractivity contribution in [3.63, 3.8) is 0 Å². The van der Waals surface area contributed by atoms with Crippen molar-refractivity contribution < 1.29 is 18.7 Å². The van der Waals surface area contributed by atoms with E-state index in [0.717, 1.165) is 17.7 Å². The first-order chi connectivity index (χ1) is 11.4. The third-order valence-electron chi connectivity index (χ3n) is 3.97. The SMILES string of the molecule is CC[C@@H](C)c1ccccc1NC(=O)COC(=O)c1cc(C)oc1C. The number of furan rings is 1. The van der Waals surface area contributed by atoms with E-state index in [0.29, 0.717) is 23.0 Å². The lowest BCUT2D eigenvalue weighted by atomic mass is 9.97. The number of aryl methyl sites for hydroxylation is 2. The van der Waals surface area contributed by atoms with Crippen molar-refractivity contribution in [2.24, 2.45) is 0 Å². The number of anilines is 1. The topological polar surface area (TPSA) is 68.5 Å². The molecule has 128 valence electrons. The minimum atomic E-state index is -0.560. The number of benzene rings is 1. The second-order valence-electron chi connectivity index (χ2n) is 5.85. The first-order valence-corrected chi connectivity index (χ1v) is 8.05. The maximum Gasteiger partial charge on any atom is 0.342 e. The highest BCUT2D eigenvalue weighted by molar-refractivity contribution is 5.96. The molecule has 0 saturated heterocycles. The summed E-state index contributed by atoms with van der Waals surface area (Å²) in [4.78, 5) is 24.1. The van der Waals surface area contributed by atoms with E-state index >= 15 is 0 Å². The summed E-state index contributed by atoms with van der Waals surface area (Å²) in [5, 5.41) is 2.81. The Morgan fingerprint density at radius 2 is 1.96 bits per heavy atom. The highest BCUT2D eigenvalue weighted by Gasteiger charge is 2.17. The number of ether oxygens (including phenoxy) is 1. The second kappa shape index (κ2) is 7.81. The van der Waals surface area contributed by atoms with E-state index in [1.807, 2.05) is 24.3 Å². The Balaban J connectivity index is 1.97. The van der Waals surface area contributed by atoms with Crippen molar-refractivity contribution in [1.82, 2.24) is 0 Å². The number of hydrogen-bond acceptors (Lipinski definition) is 4. The third-order valence-corrected chi connectivity index (χ3v) is 3.97. The van der Waals surface area contributed by atoms with Gasteiger partial charge in [-0.25, -0.2) is 4.79 Å². The van der Waals surface area contributed by atoms with Crippen LogP contribution in [-0.4, -0.2) is 18.5 Å². The average molecular weight is 329 g/mol. The molecule has 2 aromatic rings. The minimum Gasteiger partial charge on any atom is -0.466 e. The van der Waals surface area contributed by atoms with Gasteiger partial charge in [0.05, 0.1) is 0 Å². The van der Waals surface area contributed by atoms with Gasteiger partial charge in [-0.05, 0) is 43.9 Å². The Labute approximate surface area is 142 Å². The lowest BCUT2D eigenvalue weighted by Crippen LogP contribution is -2.21. The third kappa shape index (κ3) is 4.25. The molecule has 1 amide bonds. The minimum absolute atomic E-state index is 0.334. The largest absolute Gasteiger partial charge is 0.466 e. The fourth-order valence-electron chi connectivity index (χ4n) is 2.49. The van der Waals surface area contributed by atoms with E-state index < -0.39 is 5.97 Å². The molecule has 0 unspecified atom stereocenters. The molecule has 0 fully saturated rings. The van der Waals surface area contributed by atoms with Gasteiger partial charge in [0.25, 0.3) is 5.91 Å². The van der Waals surface area contributed by atoms with Crippen LogP contribution in [0.25, 0.3) is 0 Å². The molecule has 0 aliphatic heterocycles. The summed E-state index contributed by atoms with van der Waals surface area (Å²) in [6, 6.07) is 9.26. The molecule has 1 aromatic heterocycles. The quantitative estimate of drug-likeness (QED) is 0.806. The molecule has 5 nitrogen and oxygen atoms in total. The summed E-state index contributed by atoms with van der Waals surface area (Å²) < 4.78 is 10.4. The lowest BCUT2D eigenvalue weighted by Gasteiger charge is -2.15. The normalized spacial score (nSPS) is 11.8. The van der Waals surface area contributed by atoms with Crippen LogP contribution in [0.1, 0.15) is 53.6 Å². The van der Waals surface area contributed by atoms with Crippen LogP contribution >= 0.6 is 0 Å². The lowest BCUT2D eigenvalue weighted by molar-refractivity contribution is -0.119. The van der Waals surface area contributed by atoms with E-state index in [1.165, 1.54) is 0 Å². The number of carbonyl (C=O) groups excluding carboxylic acids is 2. The summed E-state index contributed by atoms with van der Waals surface area (Å²) in [6.45, 7) is 7.31. The number of esters is 1. The van der Waals surface area contributed by atoms with Gasteiger partial charge in [-0.15, -0.1) is 0 Å². The van der Waals surface area contributed by atoms with E-state index in [1.54, 1.807) is 19.9 Å². The summed E-state index contributed by atoms with van der Waals surface area (Å²) >= 11 is 0. The summed E-state index contributed by atoms with van der Waals surface area (Å²) in [7, 11) is 0. The molecule has 0 aliphatic rings. The van der Waals surface area contributed by atoms with Crippen molar-refractivity contribution in [2.45, 2.75) is 40.0 Å². The van der Waals surface area contributed by atoms with Gasteiger partial charge in [-0.2, -0.15) is 0 Å². The molecule has 2 rings (SSSR count). The van der Waals surface area contributed by atoms with Crippen molar-refractivity contribution in [3.05, 3.63) is 53.0 Å². The van der Waals surface area contributed by atoms with Gasteiger partial charge in [0.1, 0.15) is 17.1 Å². The predicted octanol–water partition coefficient (Wildman–Crippen LogP) is 4.21. The van der Waals surface area contributed by atoms with Crippen LogP contribution in [0.5, 0.6) is 0 Å². The van der Waals surface area contributed by atoms with Crippen LogP contribution in [-0.2, 0) is 9.53 Å². The number of amides is 1. The van der Waals surface area contributed by atoms with Crippen LogP contribution in [0.15, 0.2) is 34.7 Å². The first kappa shape index (κ1) is 17.8. The number of rotatable bonds is 6. The average Bonchev–Trinajstić information content (AvgIpc) is 2.91. The fourth-order valence-corrected chi connectivity index (χ4v) is 2.49. The van der Waals surface area contributed by atoms with Gasteiger partial charge >= 0.3 is 5.97 Å². The molecule has 0 aliphatic carbocycles. The van der Waals surface area contributed by atoms with Gasteiger partial charge in [-0.1, -0.05) is 32.0 Å². The molecule has 0 spiro atoms. The molecular formula is C19H23NO4. The maximum atomic E-state index is 12.1. The monoisotopic (exact) mass is 329 g/mol. The van der Waals surface area contributed by atoms with E-state index in [4.69, 9.17) is 9.15 Å². The summed E-state index contributed by atoms with van der Waals surface area (Å²) in [5.41, 5.74) is 2.17. The standard InChI is InChI=1S/C19H23NO4/c1-5-12(2)15-8-6-7-9-17(15)20-18(21)11-23-19(22)16-10-13(3)24-14(16)4/h6-10,12H,5,11H2,1-4H3,(H,20,21)/t12-/m1/s1. The van der Waals surface area contributed by atoms with Gasteiger partial charge in [0.2, 0.25) is 0 Å². The number of hydrogen-bond donors (Lipinski definition) is 1. The summed E-state index contributed by atoms with van der Waals surface area (Å²) in [6.07, 6.45) is 0.973. The highest BCUT2D eigenvalue weighted by atomic mass is 16.5. The van der Waals surface area contributed by atoms with Crippen molar-refractivity contribution in [1.29, 1.82) is 0 Å². The molecule has 1 atom stereocenters. The highest BCUT2D eigenvalue weighted by Crippen LogP contribution is 2.26. The van der Waals surface area contributed by atoms with Gasteiger partial charge in [0.15, 0.2) is 6.61 Å². The first-order valence-electron chi connectivity index (χ1n) is 8.05. The van der Waals surface area contributed by atoms with Crippen LogP contribution < -0.4 is 5.32 Å². The zero-order chi connectivity index (χ0) is 17.7. The molecule has 0 bridgehead atoms. The Kier molecular flexibility index (Phi) is 5.79. The molecule has 1 aromatic carbocycles. The number of carbonyl (C=O) groups is 2. The fraction of sp³-hybridized carbons (Fsp3) is 0.368. The van der Waals surface area contributed by atoms with Crippen molar-refractivity contribution in [2.75, 3.05) is 11.9 Å². The Morgan fingerprint density at radius 3 is 2.58 bits per heavy atom. The number of nitrogens with one attached hydrogen (secondary N) is 1. The predicted molar refractivity (Wildman–Crippen MR) is 92.2 cm³/mol. The van der Waals surface area contributed by atoms with E-state index in [-0.39, 0.29) is 12.5 Å². The molecular weight excluding hydrogens is 306 g/mol.